The molecule has 1 aliphatic heterocycles. The van der Waals surface area contributed by atoms with Crippen LogP contribution in [0, 0.1) is 5.92 Å². The fourth-order valence-corrected chi connectivity index (χ4v) is 2.19. The molecule has 1 aliphatic carbocycles. The highest BCUT2D eigenvalue weighted by Gasteiger charge is 2.31. The van der Waals surface area contributed by atoms with Gasteiger partial charge in [-0.1, -0.05) is 6.42 Å². The number of amidine groups is 1. The average Bonchev–Trinajstić information content (AvgIpc) is 2.34. The van der Waals surface area contributed by atoms with Crippen LogP contribution in [0.15, 0.2) is 9.98 Å². The zero-order valence-corrected chi connectivity index (χ0v) is 7.17. The van der Waals surface area contributed by atoms with Gasteiger partial charge in [-0.05, 0) is 26.7 Å². The third kappa shape index (κ3) is 1.10. The monoisotopic (exact) mass is 150 g/mol. The second-order valence-electron chi connectivity index (χ2n) is 3.53. The summed E-state index contributed by atoms with van der Waals surface area (Å²) in [4.78, 5) is 8.92. The summed E-state index contributed by atoms with van der Waals surface area (Å²) in [5.74, 6) is 1.66. The lowest BCUT2D eigenvalue weighted by Gasteiger charge is -2.20. The maximum Gasteiger partial charge on any atom is 0.120 e. The Kier molecular flexibility index (Phi) is 1.55. The van der Waals surface area contributed by atoms with E-state index in [0.29, 0.717) is 12.0 Å². The summed E-state index contributed by atoms with van der Waals surface area (Å²) in [6, 6.07) is 0.576. The summed E-state index contributed by atoms with van der Waals surface area (Å²) in [7, 11) is 0. The van der Waals surface area contributed by atoms with Gasteiger partial charge in [0.1, 0.15) is 5.84 Å². The van der Waals surface area contributed by atoms with Crippen LogP contribution in [0.4, 0.5) is 0 Å². The summed E-state index contributed by atoms with van der Waals surface area (Å²) >= 11 is 0. The first-order valence-corrected chi connectivity index (χ1v) is 4.37. The third-order valence-corrected chi connectivity index (χ3v) is 2.71. The van der Waals surface area contributed by atoms with E-state index in [2.05, 4.69) is 16.9 Å². The van der Waals surface area contributed by atoms with Gasteiger partial charge in [0.15, 0.2) is 0 Å². The van der Waals surface area contributed by atoms with Crippen LogP contribution in [0.2, 0.25) is 0 Å². The number of rotatable bonds is 0. The molecule has 0 bridgehead atoms. The molecule has 0 N–H and O–H groups in total. The average molecular weight is 150 g/mol. The molecule has 0 aromatic rings. The van der Waals surface area contributed by atoms with Crippen LogP contribution in [-0.4, -0.2) is 17.6 Å². The van der Waals surface area contributed by atoms with Crippen molar-refractivity contribution in [2.45, 2.75) is 39.2 Å². The van der Waals surface area contributed by atoms with Gasteiger partial charge in [0.2, 0.25) is 0 Å². The molecule has 0 spiro atoms. The Labute approximate surface area is 67.4 Å². The molecule has 2 unspecified atom stereocenters. The highest BCUT2D eigenvalue weighted by atomic mass is 15.0. The molecule has 2 rings (SSSR count). The summed E-state index contributed by atoms with van der Waals surface area (Å²) in [5, 5.41) is 0. The van der Waals surface area contributed by atoms with Crippen LogP contribution in [0.25, 0.3) is 0 Å². The first-order valence-electron chi connectivity index (χ1n) is 4.37. The predicted octanol–water partition coefficient (Wildman–Crippen LogP) is 2.05. The van der Waals surface area contributed by atoms with E-state index in [-0.39, 0.29) is 0 Å². The standard InChI is InChI=1S/C9H14N2/c1-6-8-4-3-5-9(8)11-7(2)10-6/h8-9H,3-5H2,1-2H3. The Morgan fingerprint density at radius 3 is 2.91 bits per heavy atom. The molecule has 0 aromatic heterocycles. The minimum atomic E-state index is 0.576. The fourth-order valence-electron chi connectivity index (χ4n) is 2.19. The Hall–Kier alpha value is -0.660. The van der Waals surface area contributed by atoms with Crippen molar-refractivity contribution in [1.82, 2.24) is 0 Å². The highest BCUT2D eigenvalue weighted by molar-refractivity contribution is 5.99. The van der Waals surface area contributed by atoms with E-state index in [1.165, 1.54) is 25.0 Å². The Bertz CT molecular complexity index is 228. The number of hydrogen-bond donors (Lipinski definition) is 0. The molecule has 2 nitrogen and oxygen atoms in total. The van der Waals surface area contributed by atoms with Gasteiger partial charge in [-0.15, -0.1) is 0 Å². The molecule has 0 aromatic carbocycles. The minimum Gasteiger partial charge on any atom is -0.267 e. The molecule has 2 aliphatic rings. The van der Waals surface area contributed by atoms with Crippen LogP contribution >= 0.6 is 0 Å². The smallest absolute Gasteiger partial charge is 0.120 e. The zero-order valence-electron chi connectivity index (χ0n) is 7.17. The van der Waals surface area contributed by atoms with Gasteiger partial charge in [-0.3, -0.25) is 4.99 Å². The van der Waals surface area contributed by atoms with Crippen molar-refractivity contribution in [3.05, 3.63) is 0 Å². The van der Waals surface area contributed by atoms with Crippen LogP contribution in [0.3, 0.4) is 0 Å². The summed E-state index contributed by atoms with van der Waals surface area (Å²) in [6.45, 7) is 4.14. The van der Waals surface area contributed by atoms with Crippen molar-refractivity contribution < 1.29 is 0 Å². The van der Waals surface area contributed by atoms with Crippen LogP contribution in [0.5, 0.6) is 0 Å². The van der Waals surface area contributed by atoms with Crippen molar-refractivity contribution in [3.63, 3.8) is 0 Å². The quantitative estimate of drug-likeness (QED) is 0.505. The van der Waals surface area contributed by atoms with Crippen molar-refractivity contribution in [1.29, 1.82) is 0 Å². The molecule has 1 saturated carbocycles. The van der Waals surface area contributed by atoms with E-state index >= 15 is 0 Å². The lowest BCUT2D eigenvalue weighted by atomic mass is 9.98. The number of nitrogens with zero attached hydrogens (tertiary/aromatic N) is 2. The van der Waals surface area contributed by atoms with Gasteiger partial charge in [0.25, 0.3) is 0 Å². The third-order valence-electron chi connectivity index (χ3n) is 2.71. The maximum absolute atomic E-state index is 4.52. The Morgan fingerprint density at radius 1 is 1.27 bits per heavy atom. The molecule has 0 saturated heterocycles. The van der Waals surface area contributed by atoms with Crippen LogP contribution in [-0.2, 0) is 0 Å². The Morgan fingerprint density at radius 2 is 2.09 bits per heavy atom. The van der Waals surface area contributed by atoms with Gasteiger partial charge in [0, 0.05) is 11.6 Å². The first-order chi connectivity index (χ1) is 5.27. The normalized spacial score (nSPS) is 36.2. The summed E-state index contributed by atoms with van der Waals surface area (Å²) in [6.07, 6.45) is 3.91. The molecule has 2 heteroatoms. The van der Waals surface area contributed by atoms with E-state index in [1.807, 2.05) is 6.92 Å². The predicted molar refractivity (Wildman–Crippen MR) is 47.3 cm³/mol. The van der Waals surface area contributed by atoms with Gasteiger partial charge < -0.3 is 0 Å². The van der Waals surface area contributed by atoms with Gasteiger partial charge in [-0.2, -0.15) is 0 Å². The Balaban J connectivity index is 2.28. The summed E-state index contributed by atoms with van der Waals surface area (Å²) in [5.41, 5.74) is 1.31. The maximum atomic E-state index is 4.52. The fraction of sp³-hybridized carbons (Fsp3) is 0.778. The van der Waals surface area contributed by atoms with E-state index in [4.69, 9.17) is 0 Å². The lowest BCUT2D eigenvalue weighted by Crippen LogP contribution is -2.25. The number of aliphatic imine (C=N–C) groups is 2. The molecule has 1 fully saturated rings. The molecule has 0 amide bonds. The largest absolute Gasteiger partial charge is 0.267 e. The van der Waals surface area contributed by atoms with Crippen LogP contribution in [0.1, 0.15) is 33.1 Å². The molecule has 1 heterocycles. The minimum absolute atomic E-state index is 0.576. The molecule has 0 radical (unpaired) electrons. The summed E-state index contributed by atoms with van der Waals surface area (Å²) < 4.78 is 0. The van der Waals surface area contributed by atoms with Gasteiger partial charge >= 0.3 is 0 Å². The molecule has 60 valence electrons. The number of hydrogen-bond acceptors (Lipinski definition) is 2. The second kappa shape index (κ2) is 2.43. The SMILES string of the molecule is CC1=NC2CCCC2C(C)=N1. The second-order valence-corrected chi connectivity index (χ2v) is 3.53. The molecule has 2 atom stereocenters. The van der Waals surface area contributed by atoms with E-state index in [0.717, 1.165) is 5.84 Å². The van der Waals surface area contributed by atoms with Gasteiger partial charge in [0.05, 0.1) is 6.04 Å². The van der Waals surface area contributed by atoms with E-state index < -0.39 is 0 Å². The van der Waals surface area contributed by atoms with E-state index in [1.54, 1.807) is 0 Å². The number of fused-ring (bicyclic) bond motifs is 1. The van der Waals surface area contributed by atoms with Crippen molar-refractivity contribution >= 4 is 11.5 Å². The molecule has 11 heavy (non-hydrogen) atoms. The van der Waals surface area contributed by atoms with Gasteiger partial charge in [-0.25, -0.2) is 4.99 Å². The van der Waals surface area contributed by atoms with E-state index in [9.17, 15) is 0 Å². The zero-order chi connectivity index (χ0) is 7.84. The topological polar surface area (TPSA) is 24.7 Å². The van der Waals surface area contributed by atoms with Crippen molar-refractivity contribution in [2.24, 2.45) is 15.9 Å². The molecular weight excluding hydrogens is 136 g/mol. The first kappa shape index (κ1) is 7.01. The lowest BCUT2D eigenvalue weighted by molar-refractivity contribution is 0.604. The van der Waals surface area contributed by atoms with Crippen molar-refractivity contribution in [3.8, 4) is 0 Å². The molecular formula is C9H14N2. The van der Waals surface area contributed by atoms with Crippen LogP contribution < -0.4 is 0 Å². The highest BCUT2D eigenvalue weighted by Crippen LogP contribution is 2.31. The van der Waals surface area contributed by atoms with Crippen molar-refractivity contribution in [2.75, 3.05) is 0 Å².